The summed E-state index contributed by atoms with van der Waals surface area (Å²) in [6.07, 6.45) is 1.86. The van der Waals surface area contributed by atoms with E-state index in [1.165, 1.54) is 18.2 Å². The standard InChI is InChI=1S/C29H39FN4O3/c1-29(2,3)20-34(27(37)13-16-31-14-11-21-5-4-6-23(30)19-21)18-17-32-15-12-22-7-9-25(35)28-24(22)8-10-26(36)33-28/h4-10,19,31-32,35H,11-18,20H2,1-3H3,(H,33,36). The minimum Gasteiger partial charge on any atom is -0.506 e. The average Bonchev–Trinajstić information content (AvgIpc) is 2.83. The van der Waals surface area contributed by atoms with E-state index in [1.54, 1.807) is 18.2 Å². The number of amides is 1. The van der Waals surface area contributed by atoms with E-state index in [0.29, 0.717) is 57.6 Å². The molecule has 0 spiro atoms. The number of benzene rings is 2. The third kappa shape index (κ3) is 9.30. The lowest BCUT2D eigenvalue weighted by molar-refractivity contribution is -0.132. The first-order valence-electron chi connectivity index (χ1n) is 12.9. The number of H-pyrrole nitrogens is 1. The number of carbonyl (C=O) groups excluding carboxylic acids is 1. The van der Waals surface area contributed by atoms with Crippen LogP contribution < -0.4 is 16.2 Å². The zero-order chi connectivity index (χ0) is 26.8. The minimum atomic E-state index is -0.247. The monoisotopic (exact) mass is 510 g/mol. The summed E-state index contributed by atoms with van der Waals surface area (Å²) in [7, 11) is 0. The van der Waals surface area contributed by atoms with Gasteiger partial charge in [-0.1, -0.05) is 39.0 Å². The van der Waals surface area contributed by atoms with Crippen molar-refractivity contribution in [3.05, 3.63) is 75.8 Å². The molecule has 2 aromatic carbocycles. The van der Waals surface area contributed by atoms with Gasteiger partial charge in [-0.15, -0.1) is 0 Å². The molecule has 7 nitrogen and oxygen atoms in total. The molecule has 1 amide bonds. The van der Waals surface area contributed by atoms with Crippen LogP contribution in [-0.2, 0) is 17.6 Å². The number of halogens is 1. The fraction of sp³-hybridized carbons (Fsp3) is 0.448. The van der Waals surface area contributed by atoms with Gasteiger partial charge in [-0.2, -0.15) is 0 Å². The number of rotatable bonds is 13. The van der Waals surface area contributed by atoms with Gasteiger partial charge in [0.2, 0.25) is 11.5 Å². The van der Waals surface area contributed by atoms with Gasteiger partial charge in [0, 0.05) is 44.1 Å². The van der Waals surface area contributed by atoms with E-state index in [1.807, 2.05) is 17.0 Å². The summed E-state index contributed by atoms with van der Waals surface area (Å²) in [5, 5.41) is 17.6. The SMILES string of the molecule is CC(C)(C)CN(CCNCCc1ccc(O)c2[nH]c(=O)ccc12)C(=O)CCNCCc1cccc(F)c1. The lowest BCUT2D eigenvalue weighted by Crippen LogP contribution is -2.42. The zero-order valence-electron chi connectivity index (χ0n) is 22.1. The van der Waals surface area contributed by atoms with Crippen LogP contribution in [0.3, 0.4) is 0 Å². The summed E-state index contributed by atoms with van der Waals surface area (Å²) < 4.78 is 13.3. The third-order valence-corrected chi connectivity index (χ3v) is 6.11. The maximum Gasteiger partial charge on any atom is 0.248 e. The van der Waals surface area contributed by atoms with Gasteiger partial charge in [0.05, 0.1) is 5.52 Å². The number of nitrogens with zero attached hydrogens (tertiary/aromatic N) is 1. The van der Waals surface area contributed by atoms with Crippen LogP contribution >= 0.6 is 0 Å². The Bertz CT molecular complexity index is 1240. The highest BCUT2D eigenvalue weighted by Gasteiger charge is 2.20. The van der Waals surface area contributed by atoms with Gasteiger partial charge in [0.15, 0.2) is 0 Å². The van der Waals surface area contributed by atoms with E-state index in [-0.39, 0.29) is 28.4 Å². The Morgan fingerprint density at radius 2 is 1.76 bits per heavy atom. The third-order valence-electron chi connectivity index (χ3n) is 6.11. The number of phenols is 1. The van der Waals surface area contributed by atoms with E-state index in [0.717, 1.165) is 22.9 Å². The molecule has 0 unspecified atom stereocenters. The first-order valence-corrected chi connectivity index (χ1v) is 12.9. The Kier molecular flexibility index (Phi) is 10.2. The maximum absolute atomic E-state index is 13.3. The fourth-order valence-corrected chi connectivity index (χ4v) is 4.35. The number of hydrogen-bond acceptors (Lipinski definition) is 5. The second-order valence-corrected chi connectivity index (χ2v) is 10.6. The molecule has 0 atom stereocenters. The molecule has 0 saturated carbocycles. The van der Waals surface area contributed by atoms with Crippen molar-refractivity contribution in [2.75, 3.05) is 39.3 Å². The number of nitrogens with one attached hydrogen (secondary N) is 3. The quantitative estimate of drug-likeness (QED) is 0.264. The molecule has 3 rings (SSSR count). The smallest absolute Gasteiger partial charge is 0.248 e. The second kappa shape index (κ2) is 13.4. The first kappa shape index (κ1) is 28.3. The normalized spacial score (nSPS) is 11.7. The highest BCUT2D eigenvalue weighted by atomic mass is 19.1. The van der Waals surface area contributed by atoms with E-state index < -0.39 is 0 Å². The number of pyridine rings is 1. The van der Waals surface area contributed by atoms with Crippen molar-refractivity contribution in [3.63, 3.8) is 0 Å². The molecule has 1 heterocycles. The predicted molar refractivity (Wildman–Crippen MR) is 146 cm³/mol. The highest BCUT2D eigenvalue weighted by Crippen LogP contribution is 2.24. The van der Waals surface area contributed by atoms with Crippen molar-refractivity contribution in [3.8, 4) is 5.75 Å². The predicted octanol–water partition coefficient (Wildman–Crippen LogP) is 3.60. The largest absolute Gasteiger partial charge is 0.506 e. The Morgan fingerprint density at radius 3 is 2.51 bits per heavy atom. The molecule has 0 radical (unpaired) electrons. The van der Waals surface area contributed by atoms with E-state index >= 15 is 0 Å². The van der Waals surface area contributed by atoms with Crippen LogP contribution in [0.4, 0.5) is 4.39 Å². The summed E-state index contributed by atoms with van der Waals surface area (Å²) in [4.78, 5) is 29.2. The molecule has 0 saturated heterocycles. The number of hydrogen-bond donors (Lipinski definition) is 4. The van der Waals surface area contributed by atoms with Crippen molar-refractivity contribution in [1.29, 1.82) is 0 Å². The Labute approximate surface area is 218 Å². The molecule has 200 valence electrons. The Morgan fingerprint density at radius 1 is 1.00 bits per heavy atom. The lowest BCUT2D eigenvalue weighted by Gasteiger charge is -2.30. The van der Waals surface area contributed by atoms with Gasteiger partial charge in [-0.05, 0) is 66.7 Å². The molecule has 4 N–H and O–H groups in total. The van der Waals surface area contributed by atoms with Crippen LogP contribution in [0, 0.1) is 11.2 Å². The van der Waals surface area contributed by atoms with E-state index in [2.05, 4.69) is 36.4 Å². The molecule has 0 aliphatic carbocycles. The number of fused-ring (bicyclic) bond motifs is 1. The Balaban J connectivity index is 1.43. The van der Waals surface area contributed by atoms with Crippen LogP contribution in [-0.4, -0.2) is 60.2 Å². The maximum atomic E-state index is 13.3. The van der Waals surface area contributed by atoms with Gasteiger partial charge in [-0.25, -0.2) is 4.39 Å². The number of aromatic hydroxyl groups is 1. The molecule has 8 heteroatoms. The summed E-state index contributed by atoms with van der Waals surface area (Å²) in [6, 6.07) is 13.3. The second-order valence-electron chi connectivity index (χ2n) is 10.6. The Hall–Kier alpha value is -3.23. The van der Waals surface area contributed by atoms with Gasteiger partial charge < -0.3 is 25.6 Å². The topological polar surface area (TPSA) is 97.5 Å². The van der Waals surface area contributed by atoms with Gasteiger partial charge in [0.1, 0.15) is 11.6 Å². The highest BCUT2D eigenvalue weighted by molar-refractivity contribution is 5.87. The number of phenolic OH excluding ortho intramolecular Hbond substituents is 1. The average molecular weight is 511 g/mol. The summed E-state index contributed by atoms with van der Waals surface area (Å²) in [6.45, 7) is 10.3. The van der Waals surface area contributed by atoms with Gasteiger partial charge in [0.25, 0.3) is 0 Å². The number of aromatic nitrogens is 1. The van der Waals surface area contributed by atoms with Crippen LogP contribution in [0.1, 0.15) is 38.3 Å². The van der Waals surface area contributed by atoms with Gasteiger partial charge >= 0.3 is 0 Å². The summed E-state index contributed by atoms with van der Waals surface area (Å²) in [5.74, 6) is -0.0560. The van der Waals surface area contributed by atoms with Crippen molar-refractivity contribution < 1.29 is 14.3 Å². The first-order chi connectivity index (χ1) is 17.6. The van der Waals surface area contributed by atoms with Crippen LogP contribution in [0.15, 0.2) is 53.3 Å². The molecule has 1 aromatic heterocycles. The molecule has 3 aromatic rings. The van der Waals surface area contributed by atoms with Crippen LogP contribution in [0.5, 0.6) is 5.75 Å². The van der Waals surface area contributed by atoms with Crippen molar-refractivity contribution in [1.82, 2.24) is 20.5 Å². The minimum absolute atomic E-state index is 0.0116. The zero-order valence-corrected chi connectivity index (χ0v) is 22.1. The molecule has 0 aliphatic rings. The van der Waals surface area contributed by atoms with Crippen LogP contribution in [0.2, 0.25) is 0 Å². The molecule has 0 bridgehead atoms. The van der Waals surface area contributed by atoms with Crippen LogP contribution in [0.25, 0.3) is 10.9 Å². The van der Waals surface area contributed by atoms with E-state index in [4.69, 9.17) is 0 Å². The number of carbonyl (C=O) groups is 1. The van der Waals surface area contributed by atoms with Crippen molar-refractivity contribution in [2.45, 2.75) is 40.0 Å². The van der Waals surface area contributed by atoms with E-state index in [9.17, 15) is 19.1 Å². The number of aromatic amines is 1. The van der Waals surface area contributed by atoms with Gasteiger partial charge in [-0.3, -0.25) is 9.59 Å². The molecular weight excluding hydrogens is 471 g/mol. The summed E-state index contributed by atoms with van der Waals surface area (Å²) >= 11 is 0. The molecule has 37 heavy (non-hydrogen) atoms. The fourth-order valence-electron chi connectivity index (χ4n) is 4.35. The van der Waals surface area contributed by atoms with Crippen molar-refractivity contribution in [2.24, 2.45) is 5.41 Å². The van der Waals surface area contributed by atoms with Crippen molar-refractivity contribution >= 4 is 16.8 Å². The lowest BCUT2D eigenvalue weighted by atomic mass is 9.96. The molecule has 0 fully saturated rings. The molecular formula is C29H39FN4O3. The summed E-state index contributed by atoms with van der Waals surface area (Å²) in [5.41, 5.74) is 2.17. The molecule has 0 aliphatic heterocycles.